The first kappa shape index (κ1) is 13.9. The van der Waals surface area contributed by atoms with E-state index in [2.05, 4.69) is 23.8 Å². The predicted octanol–water partition coefficient (Wildman–Crippen LogP) is 4.70. The molecule has 108 valence electrons. The molecular formula is C17H18N2OS. The summed E-state index contributed by atoms with van der Waals surface area (Å²) in [6.07, 6.45) is 1.71. The van der Waals surface area contributed by atoms with E-state index in [-0.39, 0.29) is 0 Å². The molecule has 0 unspecified atom stereocenters. The second-order valence-electron chi connectivity index (χ2n) is 5.33. The zero-order valence-electron chi connectivity index (χ0n) is 12.2. The van der Waals surface area contributed by atoms with Crippen molar-refractivity contribution < 1.29 is 4.42 Å². The van der Waals surface area contributed by atoms with Crippen molar-refractivity contribution in [2.75, 3.05) is 0 Å². The van der Waals surface area contributed by atoms with Crippen LogP contribution in [-0.2, 0) is 6.54 Å². The summed E-state index contributed by atoms with van der Waals surface area (Å²) in [6, 6.07) is 14.0. The molecule has 0 bridgehead atoms. The molecule has 2 aromatic heterocycles. The van der Waals surface area contributed by atoms with E-state index < -0.39 is 0 Å². The highest BCUT2D eigenvalue weighted by molar-refractivity contribution is 7.07. The number of nitrogens with zero attached hydrogens (tertiary/aromatic N) is 2. The molecule has 21 heavy (non-hydrogen) atoms. The first-order valence-electron chi connectivity index (χ1n) is 7.06. The molecule has 3 rings (SSSR count). The van der Waals surface area contributed by atoms with Crippen molar-refractivity contribution in [3.63, 3.8) is 0 Å². The first-order valence-corrected chi connectivity index (χ1v) is 7.94. The predicted molar refractivity (Wildman–Crippen MR) is 86.5 cm³/mol. The third-order valence-corrected chi connectivity index (χ3v) is 3.96. The summed E-state index contributed by atoms with van der Waals surface area (Å²) in [5.41, 5.74) is 2.07. The standard InChI is InChI=1S/C17H18N2OS/c1-13(2)11-19-15(16-9-6-10-20-16)12-21-17(19)18-14-7-4-3-5-8-14/h3-10,12-13H,11H2,1-2H3. The maximum absolute atomic E-state index is 5.55. The minimum atomic E-state index is 0.544. The van der Waals surface area contributed by atoms with Gasteiger partial charge < -0.3 is 8.98 Å². The molecule has 0 radical (unpaired) electrons. The molecule has 0 aliphatic heterocycles. The maximum atomic E-state index is 5.55. The van der Waals surface area contributed by atoms with Crippen molar-refractivity contribution in [3.05, 3.63) is 58.9 Å². The maximum Gasteiger partial charge on any atom is 0.190 e. The molecule has 0 amide bonds. The molecule has 0 aliphatic rings. The van der Waals surface area contributed by atoms with Crippen molar-refractivity contribution in [2.45, 2.75) is 20.4 Å². The van der Waals surface area contributed by atoms with Crippen molar-refractivity contribution in [3.8, 4) is 11.5 Å². The summed E-state index contributed by atoms with van der Waals surface area (Å²) in [7, 11) is 0. The largest absolute Gasteiger partial charge is 0.463 e. The zero-order chi connectivity index (χ0) is 14.7. The Hall–Kier alpha value is -2.07. The van der Waals surface area contributed by atoms with Gasteiger partial charge in [0, 0.05) is 11.9 Å². The fraction of sp³-hybridized carbons (Fsp3) is 0.235. The number of aromatic nitrogens is 1. The van der Waals surface area contributed by atoms with Gasteiger partial charge in [-0.1, -0.05) is 32.0 Å². The minimum Gasteiger partial charge on any atom is -0.463 e. The SMILES string of the molecule is CC(C)Cn1c(-c2ccco2)csc1=Nc1ccccc1. The molecule has 0 atom stereocenters. The number of thiazole rings is 1. The Balaban J connectivity index is 2.11. The van der Waals surface area contributed by atoms with Gasteiger partial charge in [0.15, 0.2) is 10.6 Å². The quantitative estimate of drug-likeness (QED) is 0.687. The van der Waals surface area contributed by atoms with Crippen LogP contribution >= 0.6 is 11.3 Å². The van der Waals surface area contributed by atoms with Crippen LogP contribution in [0.2, 0.25) is 0 Å². The Morgan fingerprint density at radius 1 is 1.14 bits per heavy atom. The van der Waals surface area contributed by atoms with E-state index in [1.54, 1.807) is 17.6 Å². The molecular weight excluding hydrogens is 280 g/mol. The van der Waals surface area contributed by atoms with Crippen molar-refractivity contribution >= 4 is 17.0 Å². The Bertz CT molecular complexity index is 752. The average molecular weight is 298 g/mol. The number of hydrogen-bond acceptors (Lipinski definition) is 3. The van der Waals surface area contributed by atoms with E-state index in [4.69, 9.17) is 9.41 Å². The summed E-state index contributed by atoms with van der Waals surface area (Å²) >= 11 is 1.65. The summed E-state index contributed by atoms with van der Waals surface area (Å²) in [5, 5.41) is 2.11. The lowest BCUT2D eigenvalue weighted by Gasteiger charge is -2.09. The first-order chi connectivity index (χ1) is 10.2. The smallest absolute Gasteiger partial charge is 0.190 e. The van der Waals surface area contributed by atoms with Gasteiger partial charge in [0.1, 0.15) is 0 Å². The van der Waals surface area contributed by atoms with Gasteiger partial charge in [0.25, 0.3) is 0 Å². The van der Waals surface area contributed by atoms with Gasteiger partial charge in [-0.15, -0.1) is 11.3 Å². The molecule has 3 aromatic rings. The van der Waals surface area contributed by atoms with Crippen LogP contribution in [0.3, 0.4) is 0 Å². The lowest BCUT2D eigenvalue weighted by atomic mass is 10.2. The molecule has 4 heteroatoms. The van der Waals surface area contributed by atoms with E-state index in [1.807, 2.05) is 42.5 Å². The van der Waals surface area contributed by atoms with Crippen LogP contribution in [0.25, 0.3) is 11.5 Å². The molecule has 0 aliphatic carbocycles. The summed E-state index contributed by atoms with van der Waals surface area (Å²) < 4.78 is 7.79. The lowest BCUT2D eigenvalue weighted by molar-refractivity contribution is 0.507. The van der Waals surface area contributed by atoms with Gasteiger partial charge in [0.2, 0.25) is 0 Å². The van der Waals surface area contributed by atoms with Gasteiger partial charge in [0.05, 0.1) is 17.6 Å². The molecule has 0 saturated carbocycles. The summed E-state index contributed by atoms with van der Waals surface area (Å²) in [4.78, 5) is 5.77. The van der Waals surface area contributed by atoms with Crippen LogP contribution in [0.4, 0.5) is 5.69 Å². The van der Waals surface area contributed by atoms with E-state index in [1.165, 1.54) is 0 Å². The minimum absolute atomic E-state index is 0.544. The number of benzene rings is 1. The molecule has 0 fully saturated rings. The van der Waals surface area contributed by atoms with Gasteiger partial charge in [-0.2, -0.15) is 0 Å². The highest BCUT2D eigenvalue weighted by Crippen LogP contribution is 2.22. The second kappa shape index (κ2) is 6.14. The molecule has 0 saturated heterocycles. The Morgan fingerprint density at radius 2 is 1.95 bits per heavy atom. The fourth-order valence-corrected chi connectivity index (χ4v) is 3.11. The van der Waals surface area contributed by atoms with Crippen molar-refractivity contribution in [1.29, 1.82) is 0 Å². The van der Waals surface area contributed by atoms with Crippen LogP contribution < -0.4 is 4.80 Å². The van der Waals surface area contributed by atoms with Crippen molar-refractivity contribution in [2.24, 2.45) is 10.9 Å². The van der Waals surface area contributed by atoms with Crippen LogP contribution in [0.15, 0.2) is 63.5 Å². The van der Waals surface area contributed by atoms with Gasteiger partial charge in [-0.3, -0.25) is 0 Å². The lowest BCUT2D eigenvalue weighted by Crippen LogP contribution is -2.18. The van der Waals surface area contributed by atoms with Crippen molar-refractivity contribution in [1.82, 2.24) is 4.57 Å². The summed E-state index contributed by atoms with van der Waals surface area (Å²) in [5.74, 6) is 1.43. The van der Waals surface area contributed by atoms with Crippen LogP contribution in [0, 0.1) is 5.92 Å². The number of hydrogen-bond donors (Lipinski definition) is 0. The van der Waals surface area contributed by atoms with E-state index in [9.17, 15) is 0 Å². The molecule has 3 nitrogen and oxygen atoms in total. The Kier molecular flexibility index (Phi) is 4.06. The molecule has 0 spiro atoms. The number of para-hydroxylation sites is 1. The Labute approximate surface area is 128 Å². The van der Waals surface area contributed by atoms with Crippen LogP contribution in [-0.4, -0.2) is 4.57 Å². The van der Waals surface area contributed by atoms with Gasteiger partial charge in [-0.25, -0.2) is 4.99 Å². The topological polar surface area (TPSA) is 30.4 Å². The van der Waals surface area contributed by atoms with E-state index in [0.29, 0.717) is 5.92 Å². The zero-order valence-corrected chi connectivity index (χ0v) is 13.0. The fourth-order valence-electron chi connectivity index (χ4n) is 2.20. The molecule has 1 aromatic carbocycles. The van der Waals surface area contributed by atoms with Crippen LogP contribution in [0.5, 0.6) is 0 Å². The third-order valence-electron chi connectivity index (χ3n) is 3.10. The van der Waals surface area contributed by atoms with E-state index >= 15 is 0 Å². The number of rotatable bonds is 4. The Morgan fingerprint density at radius 3 is 2.62 bits per heavy atom. The second-order valence-corrected chi connectivity index (χ2v) is 6.17. The third kappa shape index (κ3) is 3.16. The summed E-state index contributed by atoms with van der Waals surface area (Å²) in [6.45, 7) is 5.34. The van der Waals surface area contributed by atoms with Gasteiger partial charge >= 0.3 is 0 Å². The monoisotopic (exact) mass is 298 g/mol. The highest BCUT2D eigenvalue weighted by atomic mass is 32.1. The van der Waals surface area contributed by atoms with E-state index in [0.717, 1.165) is 28.5 Å². The van der Waals surface area contributed by atoms with Crippen LogP contribution in [0.1, 0.15) is 13.8 Å². The highest BCUT2D eigenvalue weighted by Gasteiger charge is 2.11. The molecule has 2 heterocycles. The number of furan rings is 1. The molecule has 0 N–H and O–H groups in total. The normalized spacial score (nSPS) is 12.2. The van der Waals surface area contributed by atoms with Gasteiger partial charge in [-0.05, 0) is 30.2 Å². The average Bonchev–Trinajstić information content (AvgIpc) is 3.10.